The topological polar surface area (TPSA) is 88.5 Å². The molecule has 0 radical (unpaired) electrons. The summed E-state index contributed by atoms with van der Waals surface area (Å²) in [4.78, 5) is 44.1. The fourth-order valence-electron chi connectivity index (χ4n) is 1.31. The van der Waals surface area contributed by atoms with Crippen molar-refractivity contribution in [1.29, 1.82) is 0 Å². The van der Waals surface area contributed by atoms with Gasteiger partial charge in [0.15, 0.2) is 5.78 Å². The smallest absolute Gasteiger partial charge is 0.372 e. The third kappa shape index (κ3) is 4.46. The standard InChI is InChI=1S/C12H8Cl2O5/c13-6-1-2-8(9(14)3-6)10(16)4-7(15)5-11(17)12(18)19/h1-3H,4-5H2,(H,18,19). The van der Waals surface area contributed by atoms with Gasteiger partial charge in [-0.25, -0.2) is 4.79 Å². The molecule has 1 rings (SSSR count). The first-order valence-electron chi connectivity index (χ1n) is 5.07. The summed E-state index contributed by atoms with van der Waals surface area (Å²) in [6.07, 6.45) is -1.40. The zero-order valence-corrected chi connectivity index (χ0v) is 11.0. The Morgan fingerprint density at radius 3 is 2.21 bits per heavy atom. The summed E-state index contributed by atoms with van der Waals surface area (Å²) in [6, 6.07) is 4.15. The quantitative estimate of drug-likeness (QED) is 0.494. The second-order valence-electron chi connectivity index (χ2n) is 3.67. The van der Waals surface area contributed by atoms with E-state index in [1.807, 2.05) is 0 Å². The molecule has 5 nitrogen and oxygen atoms in total. The number of benzene rings is 1. The maximum absolute atomic E-state index is 11.7. The van der Waals surface area contributed by atoms with Crippen molar-refractivity contribution >= 4 is 46.5 Å². The first kappa shape index (κ1) is 15.3. The highest BCUT2D eigenvalue weighted by atomic mass is 35.5. The van der Waals surface area contributed by atoms with Gasteiger partial charge in [0, 0.05) is 10.6 Å². The van der Waals surface area contributed by atoms with Crippen LogP contribution in [0.3, 0.4) is 0 Å². The van der Waals surface area contributed by atoms with E-state index in [0.717, 1.165) is 0 Å². The number of hydrogen-bond acceptors (Lipinski definition) is 4. The average molecular weight is 303 g/mol. The van der Waals surface area contributed by atoms with Crippen molar-refractivity contribution in [3.63, 3.8) is 0 Å². The van der Waals surface area contributed by atoms with Crippen LogP contribution in [0.4, 0.5) is 0 Å². The molecule has 1 aromatic carbocycles. The van der Waals surface area contributed by atoms with Gasteiger partial charge in [-0.3, -0.25) is 14.4 Å². The van der Waals surface area contributed by atoms with Gasteiger partial charge in [0.25, 0.3) is 0 Å². The van der Waals surface area contributed by atoms with E-state index in [0.29, 0.717) is 5.02 Å². The van der Waals surface area contributed by atoms with Crippen molar-refractivity contribution in [3.8, 4) is 0 Å². The summed E-state index contributed by atoms with van der Waals surface area (Å²) in [5.41, 5.74) is 0.0993. The first-order chi connectivity index (χ1) is 8.81. The molecule has 0 unspecified atom stereocenters. The third-order valence-electron chi connectivity index (χ3n) is 2.19. The molecule has 0 aliphatic carbocycles. The molecular weight excluding hydrogens is 295 g/mol. The largest absolute Gasteiger partial charge is 0.475 e. The Labute approximate surface area is 118 Å². The Morgan fingerprint density at radius 2 is 1.68 bits per heavy atom. The van der Waals surface area contributed by atoms with E-state index in [-0.39, 0.29) is 10.6 Å². The van der Waals surface area contributed by atoms with Gasteiger partial charge in [-0.1, -0.05) is 23.2 Å². The Balaban J connectivity index is 2.72. The molecule has 0 aliphatic rings. The van der Waals surface area contributed by atoms with E-state index in [1.54, 1.807) is 0 Å². The number of ketones is 3. The number of carboxylic acid groups (broad SMARTS) is 1. The van der Waals surface area contributed by atoms with E-state index in [4.69, 9.17) is 28.3 Å². The number of rotatable bonds is 6. The summed E-state index contributed by atoms with van der Waals surface area (Å²) in [5.74, 6) is -4.32. The molecule has 0 spiro atoms. The molecule has 19 heavy (non-hydrogen) atoms. The lowest BCUT2D eigenvalue weighted by Crippen LogP contribution is -2.19. The Kier molecular flexibility index (Phi) is 5.20. The van der Waals surface area contributed by atoms with Gasteiger partial charge in [-0.05, 0) is 18.2 Å². The Morgan fingerprint density at radius 1 is 1.05 bits per heavy atom. The summed E-state index contributed by atoms with van der Waals surface area (Å²) >= 11 is 11.4. The summed E-state index contributed by atoms with van der Waals surface area (Å²) in [6.45, 7) is 0. The van der Waals surface area contributed by atoms with Gasteiger partial charge in [0.05, 0.1) is 17.9 Å². The lowest BCUT2D eigenvalue weighted by molar-refractivity contribution is -0.150. The van der Waals surface area contributed by atoms with Gasteiger partial charge < -0.3 is 5.11 Å². The van der Waals surface area contributed by atoms with Crippen LogP contribution in [0.15, 0.2) is 18.2 Å². The van der Waals surface area contributed by atoms with Crippen molar-refractivity contribution in [3.05, 3.63) is 33.8 Å². The van der Waals surface area contributed by atoms with Crippen LogP contribution >= 0.6 is 23.2 Å². The van der Waals surface area contributed by atoms with Gasteiger partial charge in [-0.15, -0.1) is 0 Å². The molecule has 0 saturated carbocycles. The zero-order valence-electron chi connectivity index (χ0n) is 9.48. The van der Waals surface area contributed by atoms with Crippen molar-refractivity contribution in [2.75, 3.05) is 0 Å². The second-order valence-corrected chi connectivity index (χ2v) is 4.51. The number of carbonyl (C=O) groups excluding carboxylic acids is 3. The molecule has 0 aromatic heterocycles. The summed E-state index contributed by atoms with van der Waals surface area (Å²) in [7, 11) is 0. The molecule has 7 heteroatoms. The van der Waals surface area contributed by atoms with Crippen LogP contribution in [0.1, 0.15) is 23.2 Å². The highest BCUT2D eigenvalue weighted by molar-refractivity contribution is 6.38. The molecule has 0 aliphatic heterocycles. The molecular formula is C12H8Cl2O5. The number of carboxylic acids is 1. The Hall–Kier alpha value is -1.72. The minimum absolute atomic E-state index is 0.0925. The highest BCUT2D eigenvalue weighted by Gasteiger charge is 2.20. The number of carbonyl (C=O) groups is 4. The lowest BCUT2D eigenvalue weighted by Gasteiger charge is -2.03. The third-order valence-corrected chi connectivity index (χ3v) is 2.73. The van der Waals surface area contributed by atoms with E-state index < -0.39 is 36.2 Å². The van der Waals surface area contributed by atoms with E-state index in [9.17, 15) is 19.2 Å². The predicted octanol–water partition coefficient (Wildman–Crippen LogP) is 2.18. The highest BCUT2D eigenvalue weighted by Crippen LogP contribution is 2.22. The Bertz CT molecular complexity index is 565. The van der Waals surface area contributed by atoms with Crippen LogP contribution in [-0.4, -0.2) is 28.4 Å². The molecule has 1 aromatic rings. The summed E-state index contributed by atoms with van der Waals surface area (Å²) in [5, 5.41) is 8.77. The van der Waals surface area contributed by atoms with Crippen LogP contribution in [-0.2, 0) is 14.4 Å². The van der Waals surface area contributed by atoms with Crippen LogP contribution in [0, 0.1) is 0 Å². The lowest BCUT2D eigenvalue weighted by atomic mass is 10.0. The molecule has 0 fully saturated rings. The first-order valence-corrected chi connectivity index (χ1v) is 5.83. The van der Waals surface area contributed by atoms with Gasteiger partial charge in [0.2, 0.25) is 5.78 Å². The molecule has 0 bridgehead atoms. The number of halogens is 2. The van der Waals surface area contributed by atoms with Crippen molar-refractivity contribution in [2.45, 2.75) is 12.8 Å². The van der Waals surface area contributed by atoms with E-state index in [1.165, 1.54) is 18.2 Å². The normalized spacial score (nSPS) is 10.0. The molecule has 0 amide bonds. The van der Waals surface area contributed by atoms with Crippen molar-refractivity contribution in [2.24, 2.45) is 0 Å². The molecule has 0 atom stereocenters. The molecule has 0 heterocycles. The van der Waals surface area contributed by atoms with Crippen molar-refractivity contribution in [1.82, 2.24) is 0 Å². The average Bonchev–Trinajstić information content (AvgIpc) is 2.27. The number of aliphatic carboxylic acids is 1. The fourth-order valence-corrected chi connectivity index (χ4v) is 1.82. The van der Waals surface area contributed by atoms with Gasteiger partial charge in [-0.2, -0.15) is 0 Å². The zero-order chi connectivity index (χ0) is 14.6. The van der Waals surface area contributed by atoms with Crippen LogP contribution < -0.4 is 0 Å². The maximum Gasteiger partial charge on any atom is 0.372 e. The van der Waals surface area contributed by atoms with Gasteiger partial charge >= 0.3 is 5.97 Å². The number of Topliss-reactive ketones (excluding diaryl/α,β-unsaturated/α-hetero) is 3. The molecule has 100 valence electrons. The molecule has 0 saturated heterocycles. The van der Waals surface area contributed by atoms with Crippen LogP contribution in [0.25, 0.3) is 0 Å². The number of hydrogen-bond donors (Lipinski definition) is 1. The summed E-state index contributed by atoms with van der Waals surface area (Å²) < 4.78 is 0. The maximum atomic E-state index is 11.7. The van der Waals surface area contributed by atoms with E-state index in [2.05, 4.69) is 0 Å². The monoisotopic (exact) mass is 302 g/mol. The molecule has 1 N–H and O–H groups in total. The van der Waals surface area contributed by atoms with Crippen LogP contribution in [0.5, 0.6) is 0 Å². The van der Waals surface area contributed by atoms with E-state index >= 15 is 0 Å². The fraction of sp³-hybridized carbons (Fsp3) is 0.167. The van der Waals surface area contributed by atoms with Crippen molar-refractivity contribution < 1.29 is 24.3 Å². The minimum Gasteiger partial charge on any atom is -0.475 e. The second kappa shape index (κ2) is 6.45. The SMILES string of the molecule is O=C(CC(=O)C(=O)O)CC(=O)c1ccc(Cl)cc1Cl. The predicted molar refractivity (Wildman–Crippen MR) is 67.7 cm³/mol. The van der Waals surface area contributed by atoms with Crippen LogP contribution in [0.2, 0.25) is 10.0 Å². The minimum atomic E-state index is -1.70. The van der Waals surface area contributed by atoms with Gasteiger partial charge in [0.1, 0.15) is 5.78 Å².